The molecule has 0 aliphatic rings. The number of phenols is 1. The van der Waals surface area contributed by atoms with Gasteiger partial charge in [0.05, 0.1) is 5.56 Å². The van der Waals surface area contributed by atoms with Crippen molar-refractivity contribution in [2.75, 3.05) is 13.1 Å². The largest absolute Gasteiger partial charge is 0.507 e. The Bertz CT molecular complexity index is 352. The van der Waals surface area contributed by atoms with Crippen molar-refractivity contribution < 1.29 is 14.7 Å². The van der Waals surface area contributed by atoms with E-state index in [1.54, 1.807) is 12.1 Å². The average molecular weight is 208 g/mol. The Labute approximate surface area is 87.1 Å². The highest BCUT2D eigenvalue weighted by molar-refractivity contribution is 5.96. The fourth-order valence-corrected chi connectivity index (χ4v) is 1.07. The molecule has 0 radical (unpaired) electrons. The highest BCUT2D eigenvalue weighted by Gasteiger charge is 2.08. The lowest BCUT2D eigenvalue weighted by atomic mass is 10.2. The number of hydrogen-bond acceptors (Lipinski definition) is 3. The van der Waals surface area contributed by atoms with Crippen LogP contribution in [0.15, 0.2) is 24.3 Å². The Morgan fingerprint density at radius 3 is 2.73 bits per heavy atom. The second-order valence-corrected chi connectivity index (χ2v) is 2.85. The Morgan fingerprint density at radius 1 is 1.33 bits per heavy atom. The van der Waals surface area contributed by atoms with Gasteiger partial charge in [0.15, 0.2) is 0 Å². The number of nitrogens with one attached hydrogen (secondary N) is 2. The zero-order valence-electron chi connectivity index (χ0n) is 8.06. The van der Waals surface area contributed by atoms with Gasteiger partial charge in [0.2, 0.25) is 6.41 Å². The molecule has 3 N–H and O–H groups in total. The summed E-state index contributed by atoms with van der Waals surface area (Å²) in [5.74, 6) is -0.417. The molecule has 0 saturated carbocycles. The molecule has 0 aromatic heterocycles. The van der Waals surface area contributed by atoms with E-state index in [-0.39, 0.29) is 17.2 Å². The molecule has 0 fully saturated rings. The summed E-state index contributed by atoms with van der Waals surface area (Å²) in [7, 11) is 0. The van der Waals surface area contributed by atoms with Crippen molar-refractivity contribution in [1.82, 2.24) is 10.6 Å². The maximum atomic E-state index is 11.4. The van der Waals surface area contributed by atoms with E-state index < -0.39 is 0 Å². The molecule has 0 saturated heterocycles. The zero-order valence-corrected chi connectivity index (χ0v) is 8.06. The third kappa shape index (κ3) is 3.30. The van der Waals surface area contributed by atoms with Crippen LogP contribution in [0.3, 0.4) is 0 Å². The second kappa shape index (κ2) is 5.64. The van der Waals surface area contributed by atoms with Crippen LogP contribution >= 0.6 is 0 Å². The maximum absolute atomic E-state index is 11.4. The van der Waals surface area contributed by atoms with Crippen LogP contribution in [-0.4, -0.2) is 30.5 Å². The van der Waals surface area contributed by atoms with Gasteiger partial charge < -0.3 is 15.7 Å². The van der Waals surface area contributed by atoms with E-state index in [0.29, 0.717) is 19.5 Å². The Balaban J connectivity index is 2.47. The molecule has 0 atom stereocenters. The molecule has 80 valence electrons. The lowest BCUT2D eigenvalue weighted by molar-refractivity contribution is -0.109. The molecule has 1 aromatic carbocycles. The first-order chi connectivity index (χ1) is 7.25. The first kappa shape index (κ1) is 11.0. The average Bonchev–Trinajstić information content (AvgIpc) is 2.25. The van der Waals surface area contributed by atoms with Crippen LogP contribution in [-0.2, 0) is 4.79 Å². The standard InChI is InChI=1S/C10H12N2O3/c13-7-11-5-6-12-10(15)8-3-1-2-4-9(8)14/h1-4,7,14H,5-6H2,(H,11,13)(H,12,15). The number of aromatic hydroxyl groups is 1. The van der Waals surface area contributed by atoms with Crippen molar-refractivity contribution in [3.63, 3.8) is 0 Å². The molecular formula is C10H12N2O3. The molecule has 1 aromatic rings. The minimum Gasteiger partial charge on any atom is -0.507 e. The van der Waals surface area contributed by atoms with E-state index >= 15 is 0 Å². The van der Waals surface area contributed by atoms with Crippen LogP contribution in [0, 0.1) is 0 Å². The van der Waals surface area contributed by atoms with Gasteiger partial charge in [-0.15, -0.1) is 0 Å². The SMILES string of the molecule is O=CNCCNC(=O)c1ccccc1O. The summed E-state index contributed by atoms with van der Waals surface area (Å²) >= 11 is 0. The number of benzene rings is 1. The lowest BCUT2D eigenvalue weighted by Gasteiger charge is -2.05. The number of carbonyl (C=O) groups is 2. The fourth-order valence-electron chi connectivity index (χ4n) is 1.07. The molecule has 0 bridgehead atoms. The number of phenolic OH excluding ortho intramolecular Hbond substituents is 1. The summed E-state index contributed by atoms with van der Waals surface area (Å²) in [6, 6.07) is 6.27. The Kier molecular flexibility index (Phi) is 4.15. The number of carbonyl (C=O) groups excluding carboxylic acids is 2. The van der Waals surface area contributed by atoms with Crippen LogP contribution < -0.4 is 10.6 Å². The molecule has 0 aliphatic heterocycles. The molecule has 1 rings (SSSR count). The molecule has 0 aliphatic carbocycles. The number of rotatable bonds is 5. The molecule has 5 nitrogen and oxygen atoms in total. The number of amides is 2. The van der Waals surface area contributed by atoms with Crippen molar-refractivity contribution in [2.45, 2.75) is 0 Å². The van der Waals surface area contributed by atoms with E-state index in [1.165, 1.54) is 12.1 Å². The van der Waals surface area contributed by atoms with Gasteiger partial charge >= 0.3 is 0 Å². The summed E-state index contributed by atoms with van der Waals surface area (Å²) in [5, 5.41) is 14.3. The predicted octanol–water partition coefficient (Wildman–Crippen LogP) is -0.132. The summed E-state index contributed by atoms with van der Waals surface area (Å²) in [6.07, 6.45) is 0.562. The van der Waals surface area contributed by atoms with E-state index in [0.717, 1.165) is 0 Å². The topological polar surface area (TPSA) is 78.4 Å². The summed E-state index contributed by atoms with van der Waals surface area (Å²) in [4.78, 5) is 21.4. The molecule has 0 heterocycles. The van der Waals surface area contributed by atoms with Crippen LogP contribution in [0.25, 0.3) is 0 Å². The van der Waals surface area contributed by atoms with Crippen molar-refractivity contribution >= 4 is 12.3 Å². The van der Waals surface area contributed by atoms with Gasteiger partial charge in [-0.3, -0.25) is 9.59 Å². The molecule has 2 amide bonds. The predicted molar refractivity (Wildman–Crippen MR) is 54.5 cm³/mol. The lowest BCUT2D eigenvalue weighted by Crippen LogP contribution is -2.31. The van der Waals surface area contributed by atoms with Gasteiger partial charge in [-0.25, -0.2) is 0 Å². The minimum absolute atomic E-state index is 0.0571. The number of hydrogen-bond donors (Lipinski definition) is 3. The van der Waals surface area contributed by atoms with Gasteiger partial charge in [-0.2, -0.15) is 0 Å². The Hall–Kier alpha value is -2.04. The van der Waals surface area contributed by atoms with Gasteiger partial charge in [-0.05, 0) is 12.1 Å². The smallest absolute Gasteiger partial charge is 0.255 e. The van der Waals surface area contributed by atoms with Gasteiger partial charge in [0.25, 0.3) is 5.91 Å². The summed E-state index contributed by atoms with van der Waals surface area (Å²) in [5.41, 5.74) is 0.226. The zero-order chi connectivity index (χ0) is 11.1. The van der Waals surface area contributed by atoms with Crippen molar-refractivity contribution in [2.24, 2.45) is 0 Å². The number of para-hydroxylation sites is 1. The molecule has 0 spiro atoms. The van der Waals surface area contributed by atoms with Crippen LogP contribution in [0.2, 0.25) is 0 Å². The summed E-state index contributed by atoms with van der Waals surface area (Å²) < 4.78 is 0. The molecule has 0 unspecified atom stereocenters. The van der Waals surface area contributed by atoms with Crippen molar-refractivity contribution in [3.05, 3.63) is 29.8 Å². The maximum Gasteiger partial charge on any atom is 0.255 e. The first-order valence-electron chi connectivity index (χ1n) is 4.49. The summed E-state index contributed by atoms with van der Waals surface area (Å²) in [6.45, 7) is 0.689. The van der Waals surface area contributed by atoms with Crippen LogP contribution in [0.1, 0.15) is 10.4 Å². The molecule has 15 heavy (non-hydrogen) atoms. The normalized spacial score (nSPS) is 9.33. The quantitative estimate of drug-likeness (QED) is 0.466. The highest BCUT2D eigenvalue weighted by atomic mass is 16.3. The van der Waals surface area contributed by atoms with Crippen molar-refractivity contribution in [3.8, 4) is 5.75 Å². The Morgan fingerprint density at radius 2 is 2.07 bits per heavy atom. The van der Waals surface area contributed by atoms with E-state index in [4.69, 9.17) is 0 Å². The minimum atomic E-state index is -0.360. The van der Waals surface area contributed by atoms with Gasteiger partial charge in [0, 0.05) is 13.1 Å². The van der Waals surface area contributed by atoms with Gasteiger partial charge in [-0.1, -0.05) is 12.1 Å². The third-order valence-corrected chi connectivity index (χ3v) is 1.79. The van der Waals surface area contributed by atoms with E-state index in [9.17, 15) is 14.7 Å². The van der Waals surface area contributed by atoms with Crippen LogP contribution in [0.5, 0.6) is 5.75 Å². The van der Waals surface area contributed by atoms with Crippen LogP contribution in [0.4, 0.5) is 0 Å². The van der Waals surface area contributed by atoms with E-state index in [1.807, 2.05) is 0 Å². The third-order valence-electron chi connectivity index (χ3n) is 1.79. The molecular weight excluding hydrogens is 196 g/mol. The van der Waals surface area contributed by atoms with E-state index in [2.05, 4.69) is 10.6 Å². The van der Waals surface area contributed by atoms with Gasteiger partial charge in [0.1, 0.15) is 5.75 Å². The highest BCUT2D eigenvalue weighted by Crippen LogP contribution is 2.14. The monoisotopic (exact) mass is 208 g/mol. The fraction of sp³-hybridized carbons (Fsp3) is 0.200. The second-order valence-electron chi connectivity index (χ2n) is 2.85. The first-order valence-corrected chi connectivity index (χ1v) is 4.49. The van der Waals surface area contributed by atoms with Crippen molar-refractivity contribution in [1.29, 1.82) is 0 Å². The molecule has 5 heteroatoms.